The van der Waals surface area contributed by atoms with Gasteiger partial charge in [-0.3, -0.25) is 4.68 Å². The van der Waals surface area contributed by atoms with Crippen LogP contribution in [0, 0.1) is 6.92 Å². The van der Waals surface area contributed by atoms with Gasteiger partial charge in [-0.2, -0.15) is 10.2 Å². The summed E-state index contributed by atoms with van der Waals surface area (Å²) in [5, 5.41) is 29.6. The Balaban J connectivity index is 1.61. The number of aliphatic hydroxyl groups is 1. The van der Waals surface area contributed by atoms with Crippen LogP contribution in [0.15, 0.2) is 36.8 Å². The van der Waals surface area contributed by atoms with Crippen LogP contribution in [-0.2, 0) is 7.05 Å². The molecular formula is C14H17N7O. The Labute approximate surface area is 127 Å². The smallest absolute Gasteiger partial charge is 0.175 e. The second kappa shape index (κ2) is 5.94. The molecule has 0 amide bonds. The average Bonchev–Trinajstić information content (AvgIpc) is 3.14. The minimum absolute atomic E-state index is 0.334. The molecule has 2 N–H and O–H groups in total. The average molecular weight is 299 g/mol. The first-order valence-electron chi connectivity index (χ1n) is 6.88. The lowest BCUT2D eigenvalue weighted by atomic mass is 10.2. The molecule has 0 aliphatic rings. The lowest BCUT2D eigenvalue weighted by Crippen LogP contribution is -2.13. The predicted octanol–water partition coefficient (Wildman–Crippen LogP) is 0.850. The monoisotopic (exact) mass is 299 g/mol. The second-order valence-corrected chi connectivity index (χ2v) is 5.02. The Morgan fingerprint density at radius 2 is 2.14 bits per heavy atom. The Morgan fingerprint density at radius 3 is 2.73 bits per heavy atom. The third kappa shape index (κ3) is 3.12. The standard InChI is InChI=1S/C14H17N7O/c1-10-5-6-21(19-10)14-4-3-13(17-18-14)15-8-12(22)11-7-16-20(2)9-11/h3-7,9,12,22H,8H2,1-2H3,(H,15,17). The van der Waals surface area contributed by atoms with Crippen molar-refractivity contribution in [3.63, 3.8) is 0 Å². The van der Waals surface area contributed by atoms with Gasteiger partial charge in [-0.25, -0.2) is 4.68 Å². The Hall–Kier alpha value is -2.74. The molecule has 0 fully saturated rings. The van der Waals surface area contributed by atoms with Gasteiger partial charge in [-0.05, 0) is 25.1 Å². The molecule has 0 spiro atoms. The maximum atomic E-state index is 10.1. The Morgan fingerprint density at radius 1 is 1.27 bits per heavy atom. The van der Waals surface area contributed by atoms with E-state index in [0.29, 0.717) is 18.2 Å². The number of hydrogen-bond acceptors (Lipinski definition) is 6. The summed E-state index contributed by atoms with van der Waals surface area (Å²) in [7, 11) is 1.81. The summed E-state index contributed by atoms with van der Waals surface area (Å²) in [6, 6.07) is 5.52. The zero-order valence-electron chi connectivity index (χ0n) is 12.4. The lowest BCUT2D eigenvalue weighted by Gasteiger charge is -2.10. The molecular weight excluding hydrogens is 282 g/mol. The minimum Gasteiger partial charge on any atom is -0.386 e. The third-order valence-corrected chi connectivity index (χ3v) is 3.19. The van der Waals surface area contributed by atoms with Gasteiger partial charge >= 0.3 is 0 Å². The molecule has 0 saturated carbocycles. The van der Waals surface area contributed by atoms with Gasteiger partial charge in [-0.15, -0.1) is 10.2 Å². The highest BCUT2D eigenvalue weighted by Crippen LogP contribution is 2.13. The highest BCUT2D eigenvalue weighted by atomic mass is 16.3. The van der Waals surface area contributed by atoms with Gasteiger partial charge in [0.05, 0.1) is 18.0 Å². The summed E-state index contributed by atoms with van der Waals surface area (Å²) >= 11 is 0. The van der Waals surface area contributed by atoms with E-state index in [9.17, 15) is 5.11 Å². The minimum atomic E-state index is -0.649. The highest BCUT2D eigenvalue weighted by molar-refractivity contribution is 5.36. The van der Waals surface area contributed by atoms with Crippen molar-refractivity contribution in [2.45, 2.75) is 13.0 Å². The van der Waals surface area contributed by atoms with Crippen molar-refractivity contribution in [1.29, 1.82) is 0 Å². The molecule has 3 aromatic heterocycles. The number of aliphatic hydroxyl groups excluding tert-OH is 1. The molecule has 3 rings (SSSR count). The lowest BCUT2D eigenvalue weighted by molar-refractivity contribution is 0.191. The van der Waals surface area contributed by atoms with Gasteiger partial charge in [-0.1, -0.05) is 0 Å². The van der Waals surface area contributed by atoms with E-state index in [0.717, 1.165) is 11.3 Å². The zero-order valence-corrected chi connectivity index (χ0v) is 12.4. The number of rotatable bonds is 5. The molecule has 0 aliphatic heterocycles. The predicted molar refractivity (Wildman–Crippen MR) is 80.5 cm³/mol. The molecule has 0 saturated heterocycles. The number of anilines is 1. The first kappa shape index (κ1) is 14.2. The van der Waals surface area contributed by atoms with Crippen LogP contribution < -0.4 is 5.32 Å². The molecule has 0 aromatic carbocycles. The van der Waals surface area contributed by atoms with Crippen LogP contribution in [0.25, 0.3) is 5.82 Å². The van der Waals surface area contributed by atoms with Crippen LogP contribution in [0.4, 0.5) is 5.82 Å². The molecule has 8 nitrogen and oxygen atoms in total. The fraction of sp³-hybridized carbons (Fsp3) is 0.286. The van der Waals surface area contributed by atoms with E-state index in [2.05, 4.69) is 25.7 Å². The maximum Gasteiger partial charge on any atom is 0.175 e. The largest absolute Gasteiger partial charge is 0.386 e. The van der Waals surface area contributed by atoms with Crippen molar-refractivity contribution in [3.05, 3.63) is 48.0 Å². The van der Waals surface area contributed by atoms with Crippen LogP contribution in [0.5, 0.6) is 0 Å². The van der Waals surface area contributed by atoms with Crippen molar-refractivity contribution in [1.82, 2.24) is 29.8 Å². The molecule has 22 heavy (non-hydrogen) atoms. The molecule has 0 radical (unpaired) electrons. The molecule has 3 heterocycles. The SMILES string of the molecule is Cc1ccn(-c2ccc(NCC(O)c3cnn(C)c3)nn2)n1. The molecule has 8 heteroatoms. The van der Waals surface area contributed by atoms with Gasteiger partial charge in [0.15, 0.2) is 5.82 Å². The van der Waals surface area contributed by atoms with E-state index in [4.69, 9.17) is 0 Å². The highest BCUT2D eigenvalue weighted by Gasteiger charge is 2.10. The number of aryl methyl sites for hydroxylation is 2. The second-order valence-electron chi connectivity index (χ2n) is 5.02. The van der Waals surface area contributed by atoms with Crippen molar-refractivity contribution in [2.24, 2.45) is 7.05 Å². The van der Waals surface area contributed by atoms with Crippen LogP contribution in [0.1, 0.15) is 17.4 Å². The van der Waals surface area contributed by atoms with Crippen molar-refractivity contribution < 1.29 is 5.11 Å². The van der Waals surface area contributed by atoms with Crippen LogP contribution >= 0.6 is 0 Å². The summed E-state index contributed by atoms with van der Waals surface area (Å²) in [5.41, 5.74) is 1.68. The molecule has 114 valence electrons. The van der Waals surface area contributed by atoms with E-state index in [1.165, 1.54) is 0 Å². The fourth-order valence-electron chi connectivity index (χ4n) is 2.02. The van der Waals surface area contributed by atoms with Crippen molar-refractivity contribution in [2.75, 3.05) is 11.9 Å². The quantitative estimate of drug-likeness (QED) is 0.725. The van der Waals surface area contributed by atoms with Gasteiger partial charge < -0.3 is 10.4 Å². The van der Waals surface area contributed by atoms with Crippen LogP contribution in [0.3, 0.4) is 0 Å². The third-order valence-electron chi connectivity index (χ3n) is 3.19. The molecule has 0 aliphatic carbocycles. The Kier molecular flexibility index (Phi) is 3.84. The van der Waals surface area contributed by atoms with Gasteiger partial charge in [0.2, 0.25) is 0 Å². The van der Waals surface area contributed by atoms with Crippen LogP contribution in [-0.4, -0.2) is 41.4 Å². The molecule has 3 aromatic rings. The summed E-state index contributed by atoms with van der Waals surface area (Å²) in [4.78, 5) is 0. The van der Waals surface area contributed by atoms with Crippen molar-refractivity contribution in [3.8, 4) is 5.82 Å². The number of aromatic nitrogens is 6. The summed E-state index contributed by atoms with van der Waals surface area (Å²) < 4.78 is 3.32. The number of hydrogen-bond donors (Lipinski definition) is 2. The first-order valence-corrected chi connectivity index (χ1v) is 6.88. The van der Waals surface area contributed by atoms with E-state index in [1.807, 2.05) is 32.3 Å². The van der Waals surface area contributed by atoms with E-state index in [-0.39, 0.29) is 0 Å². The van der Waals surface area contributed by atoms with Gasteiger partial charge in [0, 0.05) is 31.5 Å². The molecule has 1 atom stereocenters. The first-order chi connectivity index (χ1) is 10.6. The molecule has 1 unspecified atom stereocenters. The topological polar surface area (TPSA) is 93.7 Å². The van der Waals surface area contributed by atoms with Gasteiger partial charge in [0.1, 0.15) is 5.82 Å². The van der Waals surface area contributed by atoms with E-state index < -0.39 is 6.10 Å². The summed E-state index contributed by atoms with van der Waals surface area (Å²) in [6.07, 6.45) is 4.60. The normalized spacial score (nSPS) is 12.3. The Bertz CT molecular complexity index is 747. The summed E-state index contributed by atoms with van der Waals surface area (Å²) in [6.45, 7) is 2.25. The summed E-state index contributed by atoms with van der Waals surface area (Å²) in [5.74, 6) is 1.24. The number of nitrogens with zero attached hydrogens (tertiary/aromatic N) is 6. The fourth-order valence-corrected chi connectivity index (χ4v) is 2.02. The number of nitrogens with one attached hydrogen (secondary N) is 1. The van der Waals surface area contributed by atoms with E-state index in [1.54, 1.807) is 27.8 Å². The van der Waals surface area contributed by atoms with E-state index >= 15 is 0 Å². The molecule has 0 bridgehead atoms. The maximum absolute atomic E-state index is 10.1. The van der Waals surface area contributed by atoms with Crippen molar-refractivity contribution >= 4 is 5.82 Å². The van der Waals surface area contributed by atoms with Crippen LogP contribution in [0.2, 0.25) is 0 Å². The van der Waals surface area contributed by atoms with Gasteiger partial charge in [0.25, 0.3) is 0 Å². The zero-order chi connectivity index (χ0) is 15.5.